The molecule has 1 aromatic carbocycles. The number of halogens is 1. The van der Waals surface area contributed by atoms with Crippen LogP contribution in [-0.2, 0) is 13.2 Å². The van der Waals surface area contributed by atoms with Gasteiger partial charge in [-0.3, -0.25) is 0 Å². The van der Waals surface area contributed by atoms with Gasteiger partial charge in [-0.2, -0.15) is 0 Å². The maximum absolute atomic E-state index is 13.5. The first kappa shape index (κ1) is 9.21. The summed E-state index contributed by atoms with van der Waals surface area (Å²) in [4.78, 5) is 0. The molecule has 0 fully saturated rings. The number of hydrogen-bond donors (Lipinski definition) is 1. The molecular formula is C11H12FNO. The zero-order valence-electron chi connectivity index (χ0n) is 8.00. The maximum Gasteiger partial charge on any atom is 0.132 e. The van der Waals surface area contributed by atoms with Gasteiger partial charge in [0.2, 0.25) is 0 Å². The van der Waals surface area contributed by atoms with E-state index in [0.717, 1.165) is 12.1 Å². The lowest BCUT2D eigenvalue weighted by Gasteiger charge is -1.99. The molecule has 1 aromatic heterocycles. The quantitative estimate of drug-likeness (QED) is 0.777. The van der Waals surface area contributed by atoms with E-state index in [2.05, 4.69) is 0 Å². The fourth-order valence-electron chi connectivity index (χ4n) is 1.77. The molecule has 0 spiro atoms. The second kappa shape index (κ2) is 3.42. The molecule has 2 aromatic rings. The van der Waals surface area contributed by atoms with Crippen LogP contribution < -0.4 is 0 Å². The van der Waals surface area contributed by atoms with Crippen LogP contribution in [0.15, 0.2) is 24.4 Å². The summed E-state index contributed by atoms with van der Waals surface area (Å²) in [5.74, 6) is -0.265. The first-order valence-corrected chi connectivity index (χ1v) is 4.65. The molecule has 74 valence electrons. The van der Waals surface area contributed by atoms with Crippen LogP contribution in [0, 0.1) is 5.82 Å². The van der Waals surface area contributed by atoms with Crippen LogP contribution in [0.1, 0.15) is 12.5 Å². The average molecular weight is 193 g/mol. The number of aliphatic hydroxyl groups is 1. The lowest BCUT2D eigenvalue weighted by atomic mass is 10.2. The van der Waals surface area contributed by atoms with Gasteiger partial charge in [0.15, 0.2) is 0 Å². The second-order valence-electron chi connectivity index (χ2n) is 3.23. The molecule has 1 heterocycles. The van der Waals surface area contributed by atoms with Gasteiger partial charge in [-0.25, -0.2) is 4.39 Å². The summed E-state index contributed by atoms with van der Waals surface area (Å²) in [6.45, 7) is 2.65. The van der Waals surface area contributed by atoms with Gasteiger partial charge in [0.05, 0.1) is 12.1 Å². The van der Waals surface area contributed by atoms with Crippen molar-refractivity contribution in [2.45, 2.75) is 20.1 Å². The van der Waals surface area contributed by atoms with Crippen molar-refractivity contribution in [3.63, 3.8) is 0 Å². The molecule has 3 heteroatoms. The van der Waals surface area contributed by atoms with Gasteiger partial charge in [0.1, 0.15) is 5.82 Å². The van der Waals surface area contributed by atoms with Crippen LogP contribution in [0.3, 0.4) is 0 Å². The van der Waals surface area contributed by atoms with Crippen molar-refractivity contribution in [1.29, 1.82) is 0 Å². The van der Waals surface area contributed by atoms with Crippen molar-refractivity contribution in [3.05, 3.63) is 35.8 Å². The predicted octanol–water partition coefficient (Wildman–Crippen LogP) is 2.29. The Balaban J connectivity index is 2.82. The third kappa shape index (κ3) is 1.21. The van der Waals surface area contributed by atoms with Gasteiger partial charge in [-0.1, -0.05) is 6.07 Å². The number of aromatic nitrogens is 1. The van der Waals surface area contributed by atoms with E-state index in [1.165, 1.54) is 6.07 Å². The third-order valence-corrected chi connectivity index (χ3v) is 2.44. The van der Waals surface area contributed by atoms with Crippen LogP contribution >= 0.6 is 0 Å². The largest absolute Gasteiger partial charge is 0.392 e. The Kier molecular flexibility index (Phi) is 2.25. The van der Waals surface area contributed by atoms with Gasteiger partial charge in [-0.05, 0) is 19.1 Å². The highest BCUT2D eigenvalue weighted by Crippen LogP contribution is 2.24. The molecule has 0 unspecified atom stereocenters. The number of aliphatic hydroxyl groups excluding tert-OH is 1. The minimum absolute atomic E-state index is 0.121. The van der Waals surface area contributed by atoms with E-state index >= 15 is 0 Å². The van der Waals surface area contributed by atoms with E-state index in [-0.39, 0.29) is 12.4 Å². The highest BCUT2D eigenvalue weighted by Gasteiger charge is 2.10. The Morgan fingerprint density at radius 1 is 1.43 bits per heavy atom. The molecule has 2 rings (SSSR count). The highest BCUT2D eigenvalue weighted by molar-refractivity contribution is 5.84. The summed E-state index contributed by atoms with van der Waals surface area (Å²) >= 11 is 0. The summed E-state index contributed by atoms with van der Waals surface area (Å²) in [7, 11) is 0. The van der Waals surface area contributed by atoms with Gasteiger partial charge in [0.25, 0.3) is 0 Å². The molecule has 1 N–H and O–H groups in total. The summed E-state index contributed by atoms with van der Waals surface area (Å²) in [5, 5.41) is 9.63. The van der Waals surface area contributed by atoms with Gasteiger partial charge < -0.3 is 9.67 Å². The van der Waals surface area contributed by atoms with Gasteiger partial charge in [-0.15, -0.1) is 0 Å². The molecule has 14 heavy (non-hydrogen) atoms. The molecular weight excluding hydrogens is 181 g/mol. The number of hydrogen-bond acceptors (Lipinski definition) is 1. The lowest BCUT2D eigenvalue weighted by Crippen LogP contribution is -1.90. The fraction of sp³-hybridized carbons (Fsp3) is 0.273. The monoisotopic (exact) mass is 193 g/mol. The van der Waals surface area contributed by atoms with Crippen LogP contribution in [-0.4, -0.2) is 9.67 Å². The number of benzene rings is 1. The van der Waals surface area contributed by atoms with Crippen LogP contribution in [0.2, 0.25) is 0 Å². The number of rotatable bonds is 2. The topological polar surface area (TPSA) is 25.2 Å². The number of aryl methyl sites for hydroxylation is 1. The molecule has 0 saturated carbocycles. The molecule has 0 aliphatic carbocycles. The van der Waals surface area contributed by atoms with Crippen molar-refractivity contribution < 1.29 is 9.50 Å². The SMILES string of the molecule is CCn1cc(CO)c2c(F)cccc21. The Morgan fingerprint density at radius 2 is 2.21 bits per heavy atom. The summed E-state index contributed by atoms with van der Waals surface area (Å²) in [6.07, 6.45) is 1.80. The van der Waals surface area contributed by atoms with E-state index in [4.69, 9.17) is 5.11 Å². The number of fused-ring (bicyclic) bond motifs is 1. The minimum atomic E-state index is -0.265. The van der Waals surface area contributed by atoms with Crippen LogP contribution in [0.5, 0.6) is 0 Å². The van der Waals surface area contributed by atoms with Crippen molar-refractivity contribution in [2.75, 3.05) is 0 Å². The standard InChI is InChI=1S/C11H12FNO/c1-2-13-6-8(7-14)11-9(12)4-3-5-10(11)13/h3-6,14H,2,7H2,1H3. The predicted molar refractivity (Wildman–Crippen MR) is 53.5 cm³/mol. The molecule has 0 saturated heterocycles. The Labute approximate surface area is 81.6 Å². The van der Waals surface area contributed by atoms with Crippen molar-refractivity contribution in [3.8, 4) is 0 Å². The van der Waals surface area contributed by atoms with Crippen molar-refractivity contribution in [1.82, 2.24) is 4.57 Å². The smallest absolute Gasteiger partial charge is 0.132 e. The Morgan fingerprint density at radius 3 is 2.86 bits per heavy atom. The zero-order valence-corrected chi connectivity index (χ0v) is 8.00. The first-order chi connectivity index (χ1) is 6.77. The second-order valence-corrected chi connectivity index (χ2v) is 3.23. The van der Waals surface area contributed by atoms with Crippen LogP contribution in [0.25, 0.3) is 10.9 Å². The highest BCUT2D eigenvalue weighted by atomic mass is 19.1. The fourth-order valence-corrected chi connectivity index (χ4v) is 1.77. The molecule has 0 aliphatic rings. The van der Waals surface area contributed by atoms with E-state index < -0.39 is 0 Å². The molecule has 2 nitrogen and oxygen atoms in total. The molecule has 0 aliphatic heterocycles. The van der Waals surface area contributed by atoms with E-state index in [9.17, 15) is 4.39 Å². The Hall–Kier alpha value is -1.35. The zero-order chi connectivity index (χ0) is 10.1. The van der Waals surface area contributed by atoms with E-state index in [0.29, 0.717) is 10.9 Å². The van der Waals surface area contributed by atoms with E-state index in [1.54, 1.807) is 12.3 Å². The van der Waals surface area contributed by atoms with Crippen LogP contribution in [0.4, 0.5) is 4.39 Å². The molecule has 0 amide bonds. The van der Waals surface area contributed by atoms with Crippen molar-refractivity contribution in [2.24, 2.45) is 0 Å². The first-order valence-electron chi connectivity index (χ1n) is 4.65. The maximum atomic E-state index is 13.5. The van der Waals surface area contributed by atoms with Crippen molar-refractivity contribution >= 4 is 10.9 Å². The Bertz CT molecular complexity index is 462. The lowest BCUT2D eigenvalue weighted by molar-refractivity contribution is 0.282. The summed E-state index contributed by atoms with van der Waals surface area (Å²) in [6, 6.07) is 4.97. The molecule has 0 radical (unpaired) electrons. The summed E-state index contributed by atoms with van der Waals surface area (Å²) < 4.78 is 15.4. The van der Waals surface area contributed by atoms with Gasteiger partial charge >= 0.3 is 0 Å². The van der Waals surface area contributed by atoms with E-state index in [1.807, 2.05) is 17.6 Å². The number of nitrogens with zero attached hydrogens (tertiary/aromatic N) is 1. The summed E-state index contributed by atoms with van der Waals surface area (Å²) in [5.41, 5.74) is 1.50. The molecule has 0 bridgehead atoms. The van der Waals surface area contributed by atoms with Gasteiger partial charge in [0, 0.05) is 23.7 Å². The molecule has 0 atom stereocenters. The average Bonchev–Trinajstić information content (AvgIpc) is 2.57. The minimum Gasteiger partial charge on any atom is -0.392 e. The normalized spacial score (nSPS) is 11.1. The third-order valence-electron chi connectivity index (χ3n) is 2.44.